The van der Waals surface area contributed by atoms with E-state index in [1.165, 1.54) is 257 Å². The number of allylic oxidation sites excluding steroid dienone is 16. The largest absolute Gasteiger partial charge is 0.472 e. The molecule has 528 valence electrons. The summed E-state index contributed by atoms with van der Waals surface area (Å²) in [7, 11) is -4.40. The standard InChI is InChI=1S/C81H146NO8P/c1-3-5-7-9-11-13-15-17-19-21-23-25-27-29-31-33-34-35-36-37-38-39-40-41-42-43-44-46-48-50-52-54-56-58-60-62-64-66-68-70-72-74-81(84)90-79(78-89-91(85,86)88-76-75-82)77-87-80(83)73-71-69-67-65-63-61-59-57-55-53-51-49-47-45-32-30-28-26-24-22-20-18-16-14-12-10-8-6-4-2/h5,7,11,13,17,19,22-25,29,31,34-35,37-38,79H,3-4,6,8-10,12,14-16,18,20-21,26-28,30,32-33,36,39-78,82H2,1-2H3,(H,85,86)/b7-5-,13-11-,19-17-,24-22-,25-23-,31-29-,35-34-,38-37-. The van der Waals surface area contributed by atoms with E-state index in [1.54, 1.807) is 0 Å². The monoisotopic (exact) mass is 1290 g/mol. The molecule has 0 heterocycles. The molecule has 0 rings (SSSR count). The van der Waals surface area contributed by atoms with E-state index < -0.39 is 26.5 Å². The Morgan fingerprint density at radius 2 is 0.604 bits per heavy atom. The van der Waals surface area contributed by atoms with Gasteiger partial charge < -0.3 is 20.1 Å². The van der Waals surface area contributed by atoms with Crippen LogP contribution in [0.4, 0.5) is 0 Å². The minimum atomic E-state index is -4.40. The van der Waals surface area contributed by atoms with E-state index in [4.69, 9.17) is 24.3 Å². The van der Waals surface area contributed by atoms with Gasteiger partial charge in [0.2, 0.25) is 0 Å². The van der Waals surface area contributed by atoms with Crippen molar-refractivity contribution in [2.24, 2.45) is 5.73 Å². The molecule has 0 bridgehead atoms. The third-order valence-corrected chi connectivity index (χ3v) is 17.9. The van der Waals surface area contributed by atoms with Crippen molar-refractivity contribution >= 4 is 19.8 Å². The molecule has 91 heavy (non-hydrogen) atoms. The number of nitrogens with two attached hydrogens (primary N) is 1. The lowest BCUT2D eigenvalue weighted by atomic mass is 10.0. The van der Waals surface area contributed by atoms with Gasteiger partial charge in [-0.2, -0.15) is 0 Å². The van der Waals surface area contributed by atoms with Crippen LogP contribution >= 0.6 is 7.82 Å². The number of ether oxygens (including phenoxy) is 2. The molecule has 0 radical (unpaired) electrons. The second-order valence-corrected chi connectivity index (χ2v) is 27.3. The van der Waals surface area contributed by atoms with Crippen LogP contribution in [0.25, 0.3) is 0 Å². The number of esters is 2. The molecule has 0 aliphatic rings. The number of hydrogen-bond acceptors (Lipinski definition) is 8. The Morgan fingerprint density at radius 3 is 0.912 bits per heavy atom. The van der Waals surface area contributed by atoms with Crippen molar-refractivity contribution in [2.45, 2.75) is 380 Å². The number of unbranched alkanes of at least 4 members (excludes halogenated alkanes) is 44. The number of rotatable bonds is 73. The highest BCUT2D eigenvalue weighted by Gasteiger charge is 2.26. The second kappa shape index (κ2) is 76.0. The van der Waals surface area contributed by atoms with Crippen LogP contribution in [0.2, 0.25) is 0 Å². The topological polar surface area (TPSA) is 134 Å². The Kier molecular flexibility index (Phi) is 73.4. The molecule has 3 N–H and O–H groups in total. The van der Waals surface area contributed by atoms with Gasteiger partial charge in [0, 0.05) is 19.4 Å². The maximum absolute atomic E-state index is 12.8. The van der Waals surface area contributed by atoms with Crippen LogP contribution < -0.4 is 5.73 Å². The molecular formula is C81H146NO8P. The second-order valence-electron chi connectivity index (χ2n) is 25.8. The quantitative estimate of drug-likeness (QED) is 0.0264. The fourth-order valence-corrected chi connectivity index (χ4v) is 12.0. The summed E-state index contributed by atoms with van der Waals surface area (Å²) in [5.41, 5.74) is 5.41. The van der Waals surface area contributed by atoms with Gasteiger partial charge in [0.05, 0.1) is 13.2 Å². The van der Waals surface area contributed by atoms with Crippen LogP contribution in [0.3, 0.4) is 0 Å². The lowest BCUT2D eigenvalue weighted by Crippen LogP contribution is -2.29. The summed E-state index contributed by atoms with van der Waals surface area (Å²) in [6, 6.07) is 0. The van der Waals surface area contributed by atoms with Crippen molar-refractivity contribution in [3.63, 3.8) is 0 Å². The fraction of sp³-hybridized carbons (Fsp3) is 0.778. The van der Waals surface area contributed by atoms with Gasteiger partial charge in [-0.1, -0.05) is 361 Å². The van der Waals surface area contributed by atoms with Crippen molar-refractivity contribution in [1.82, 2.24) is 0 Å². The van der Waals surface area contributed by atoms with Crippen LogP contribution in [0.5, 0.6) is 0 Å². The molecular weight excluding hydrogens is 1150 g/mol. The van der Waals surface area contributed by atoms with Gasteiger partial charge in [-0.25, -0.2) is 4.57 Å². The zero-order valence-corrected chi connectivity index (χ0v) is 60.5. The van der Waals surface area contributed by atoms with Crippen molar-refractivity contribution in [2.75, 3.05) is 26.4 Å². The van der Waals surface area contributed by atoms with Gasteiger partial charge in [0.25, 0.3) is 0 Å². The van der Waals surface area contributed by atoms with E-state index in [2.05, 4.69) is 111 Å². The zero-order valence-electron chi connectivity index (χ0n) is 59.6. The van der Waals surface area contributed by atoms with Crippen LogP contribution in [-0.4, -0.2) is 49.3 Å². The SMILES string of the molecule is CC/C=C\C/C=C\C/C=C\C/C=C\C/C=C\C/C=C\C/C=C\CCCCCCCCCCCCCCCCCCCCCC(=O)OC(COC(=O)CCCCCCCCCCCCCCCCCCC/C=C\CCCCCCCCCC)COP(=O)(O)OCCN. The van der Waals surface area contributed by atoms with E-state index in [-0.39, 0.29) is 38.6 Å². The first kappa shape index (κ1) is 87.9. The minimum absolute atomic E-state index is 0.0533. The van der Waals surface area contributed by atoms with Crippen molar-refractivity contribution in [3.8, 4) is 0 Å². The van der Waals surface area contributed by atoms with Crippen LogP contribution in [0, 0.1) is 0 Å². The fourth-order valence-electron chi connectivity index (χ4n) is 11.3. The van der Waals surface area contributed by atoms with Crippen LogP contribution in [0.15, 0.2) is 97.2 Å². The molecule has 0 saturated heterocycles. The van der Waals surface area contributed by atoms with E-state index in [0.29, 0.717) is 6.42 Å². The summed E-state index contributed by atoms with van der Waals surface area (Å²) >= 11 is 0. The maximum atomic E-state index is 12.8. The van der Waals surface area contributed by atoms with Gasteiger partial charge in [-0.05, 0) is 96.3 Å². The van der Waals surface area contributed by atoms with Crippen molar-refractivity contribution in [3.05, 3.63) is 97.2 Å². The molecule has 0 spiro atoms. The van der Waals surface area contributed by atoms with E-state index in [9.17, 15) is 19.0 Å². The predicted octanol–water partition coefficient (Wildman–Crippen LogP) is 25.9. The number of phosphoric acid groups is 1. The average Bonchev–Trinajstić information content (AvgIpc) is 3.74. The van der Waals surface area contributed by atoms with Gasteiger partial charge in [0.1, 0.15) is 6.61 Å². The third kappa shape index (κ3) is 75.8. The number of phosphoric ester groups is 1. The molecule has 0 aromatic rings. The molecule has 2 atom stereocenters. The highest BCUT2D eigenvalue weighted by atomic mass is 31.2. The summed E-state index contributed by atoms with van der Waals surface area (Å²) in [5, 5.41) is 0. The zero-order chi connectivity index (χ0) is 65.8. The molecule has 0 amide bonds. The first-order valence-corrected chi connectivity index (χ1v) is 40.2. The number of carbonyl (C=O) groups excluding carboxylic acids is 2. The molecule has 9 nitrogen and oxygen atoms in total. The molecule has 0 saturated carbocycles. The molecule has 0 fully saturated rings. The van der Waals surface area contributed by atoms with Gasteiger partial charge in [-0.15, -0.1) is 0 Å². The Hall–Kier alpha value is -3.07. The molecule has 0 aliphatic carbocycles. The predicted molar refractivity (Wildman–Crippen MR) is 395 cm³/mol. The Balaban J connectivity index is 3.80. The Labute approximate surface area is 563 Å². The lowest BCUT2D eigenvalue weighted by Gasteiger charge is -2.19. The lowest BCUT2D eigenvalue weighted by molar-refractivity contribution is -0.161. The summed E-state index contributed by atoms with van der Waals surface area (Å²) in [6.07, 6.45) is 104. The summed E-state index contributed by atoms with van der Waals surface area (Å²) in [5.74, 6) is -0.810. The highest BCUT2D eigenvalue weighted by Crippen LogP contribution is 2.43. The number of carbonyl (C=O) groups is 2. The summed E-state index contributed by atoms with van der Waals surface area (Å²) in [4.78, 5) is 35.4. The van der Waals surface area contributed by atoms with E-state index in [0.717, 1.165) is 83.5 Å². The first-order chi connectivity index (χ1) is 44.8. The molecule has 10 heteroatoms. The molecule has 0 aromatic carbocycles. The Bertz CT molecular complexity index is 1820. The molecule has 2 unspecified atom stereocenters. The van der Waals surface area contributed by atoms with Gasteiger partial charge in [-0.3, -0.25) is 18.6 Å². The van der Waals surface area contributed by atoms with Gasteiger partial charge in [0.15, 0.2) is 6.10 Å². The van der Waals surface area contributed by atoms with Crippen LogP contribution in [0.1, 0.15) is 373 Å². The van der Waals surface area contributed by atoms with E-state index in [1.807, 2.05) is 0 Å². The maximum Gasteiger partial charge on any atom is 0.472 e. The van der Waals surface area contributed by atoms with Crippen molar-refractivity contribution < 1.29 is 37.6 Å². The first-order valence-electron chi connectivity index (χ1n) is 38.7. The van der Waals surface area contributed by atoms with Crippen molar-refractivity contribution in [1.29, 1.82) is 0 Å². The number of hydrogen-bond donors (Lipinski definition) is 2. The smallest absolute Gasteiger partial charge is 0.462 e. The van der Waals surface area contributed by atoms with E-state index >= 15 is 0 Å². The normalized spacial score (nSPS) is 13.4. The average molecular weight is 1290 g/mol. The minimum Gasteiger partial charge on any atom is -0.462 e. The Morgan fingerprint density at radius 1 is 0.341 bits per heavy atom. The molecule has 0 aliphatic heterocycles. The van der Waals surface area contributed by atoms with Crippen LogP contribution in [-0.2, 0) is 32.7 Å². The summed E-state index contributed by atoms with van der Waals surface area (Å²) < 4.78 is 33.3. The molecule has 0 aromatic heterocycles. The third-order valence-electron chi connectivity index (χ3n) is 17.0. The van der Waals surface area contributed by atoms with Gasteiger partial charge >= 0.3 is 19.8 Å². The summed E-state index contributed by atoms with van der Waals surface area (Å²) in [6.45, 7) is 3.69. The highest BCUT2D eigenvalue weighted by molar-refractivity contribution is 7.47.